The molecule has 0 fully saturated rings. The normalized spacial score (nSPS) is 12.1. The van der Waals surface area contributed by atoms with Crippen LogP contribution in [0.15, 0.2) is 24.3 Å². The predicted octanol–water partition coefficient (Wildman–Crippen LogP) is 0.223. The second kappa shape index (κ2) is 4.62. The topological polar surface area (TPSA) is 78.3 Å². The SMILES string of the molecule is COc1ccc([C@H](CN)C(N)=O)cc1. The van der Waals surface area contributed by atoms with E-state index in [0.29, 0.717) is 0 Å². The fourth-order valence-corrected chi connectivity index (χ4v) is 1.25. The summed E-state index contributed by atoms with van der Waals surface area (Å²) >= 11 is 0. The van der Waals surface area contributed by atoms with Gasteiger partial charge >= 0.3 is 0 Å². The van der Waals surface area contributed by atoms with Crippen LogP contribution in [0.2, 0.25) is 0 Å². The Morgan fingerprint density at radius 3 is 2.36 bits per heavy atom. The highest BCUT2D eigenvalue weighted by molar-refractivity contribution is 5.82. The Balaban J connectivity index is 2.89. The van der Waals surface area contributed by atoms with E-state index >= 15 is 0 Å². The fraction of sp³-hybridized carbons (Fsp3) is 0.300. The Morgan fingerprint density at radius 2 is 2.00 bits per heavy atom. The van der Waals surface area contributed by atoms with Crippen molar-refractivity contribution in [2.45, 2.75) is 5.92 Å². The first kappa shape index (κ1) is 10.5. The van der Waals surface area contributed by atoms with Crippen molar-refractivity contribution in [2.24, 2.45) is 11.5 Å². The fourth-order valence-electron chi connectivity index (χ4n) is 1.25. The van der Waals surface area contributed by atoms with Gasteiger partial charge in [-0.15, -0.1) is 0 Å². The first-order chi connectivity index (χ1) is 6.69. The monoisotopic (exact) mass is 194 g/mol. The number of carbonyl (C=O) groups excluding carboxylic acids is 1. The Labute approximate surface area is 82.8 Å². The molecule has 1 atom stereocenters. The predicted molar refractivity (Wildman–Crippen MR) is 54.0 cm³/mol. The standard InChI is InChI=1S/C10H14N2O2/c1-14-8-4-2-7(3-5-8)9(6-11)10(12)13/h2-5,9H,6,11H2,1H3,(H2,12,13)/t9-/m0/s1. The molecule has 0 saturated heterocycles. The molecule has 0 aromatic heterocycles. The number of methoxy groups -OCH3 is 1. The number of ether oxygens (including phenoxy) is 1. The Hall–Kier alpha value is -1.55. The summed E-state index contributed by atoms with van der Waals surface area (Å²) in [5, 5.41) is 0. The minimum Gasteiger partial charge on any atom is -0.497 e. The molecule has 1 aromatic rings. The van der Waals surface area contributed by atoms with Gasteiger partial charge in [-0.2, -0.15) is 0 Å². The lowest BCUT2D eigenvalue weighted by Gasteiger charge is -2.11. The van der Waals surface area contributed by atoms with Crippen LogP contribution in [0.1, 0.15) is 11.5 Å². The first-order valence-electron chi connectivity index (χ1n) is 4.32. The second-order valence-electron chi connectivity index (χ2n) is 2.96. The third kappa shape index (κ3) is 2.23. The molecule has 0 spiro atoms. The first-order valence-corrected chi connectivity index (χ1v) is 4.32. The van der Waals surface area contributed by atoms with E-state index in [-0.39, 0.29) is 6.54 Å². The molecule has 14 heavy (non-hydrogen) atoms. The molecule has 0 aliphatic rings. The van der Waals surface area contributed by atoms with E-state index < -0.39 is 11.8 Å². The maximum absolute atomic E-state index is 11.0. The van der Waals surface area contributed by atoms with Gasteiger partial charge in [0.05, 0.1) is 13.0 Å². The van der Waals surface area contributed by atoms with Crippen LogP contribution in [-0.4, -0.2) is 19.6 Å². The number of carbonyl (C=O) groups is 1. The number of hydrogen-bond donors (Lipinski definition) is 2. The number of rotatable bonds is 4. The molecule has 1 rings (SSSR count). The van der Waals surface area contributed by atoms with Crippen LogP contribution in [-0.2, 0) is 4.79 Å². The third-order valence-corrected chi connectivity index (χ3v) is 2.10. The summed E-state index contributed by atoms with van der Waals surface area (Å²) in [5.41, 5.74) is 11.5. The van der Waals surface area contributed by atoms with Gasteiger partial charge in [0.15, 0.2) is 0 Å². The van der Waals surface area contributed by atoms with Gasteiger partial charge in [0, 0.05) is 6.54 Å². The van der Waals surface area contributed by atoms with Crippen molar-refractivity contribution in [2.75, 3.05) is 13.7 Å². The molecular formula is C10H14N2O2. The largest absolute Gasteiger partial charge is 0.497 e. The minimum absolute atomic E-state index is 0.224. The molecule has 0 heterocycles. The van der Waals surface area contributed by atoms with Crippen LogP contribution in [0, 0.1) is 0 Å². The summed E-state index contributed by atoms with van der Waals surface area (Å²) in [4.78, 5) is 11.0. The van der Waals surface area contributed by atoms with E-state index in [1.165, 1.54) is 0 Å². The lowest BCUT2D eigenvalue weighted by Crippen LogP contribution is -2.27. The summed E-state index contributed by atoms with van der Waals surface area (Å²) < 4.78 is 5.00. The zero-order valence-electron chi connectivity index (χ0n) is 8.07. The van der Waals surface area contributed by atoms with Crippen molar-refractivity contribution in [3.8, 4) is 5.75 Å². The molecule has 4 N–H and O–H groups in total. The van der Waals surface area contributed by atoms with Crippen molar-refractivity contribution < 1.29 is 9.53 Å². The smallest absolute Gasteiger partial charge is 0.226 e. The molecule has 0 radical (unpaired) electrons. The molecule has 0 aliphatic carbocycles. The summed E-state index contributed by atoms with van der Waals surface area (Å²) in [5.74, 6) is -0.0763. The van der Waals surface area contributed by atoms with Crippen molar-refractivity contribution in [1.29, 1.82) is 0 Å². The highest BCUT2D eigenvalue weighted by atomic mass is 16.5. The molecule has 0 bridgehead atoms. The highest BCUT2D eigenvalue weighted by Crippen LogP contribution is 2.18. The van der Waals surface area contributed by atoms with Gasteiger partial charge < -0.3 is 16.2 Å². The summed E-state index contributed by atoms with van der Waals surface area (Å²) in [6, 6.07) is 7.14. The molecule has 4 nitrogen and oxygen atoms in total. The van der Waals surface area contributed by atoms with Gasteiger partial charge in [-0.1, -0.05) is 12.1 Å². The van der Waals surface area contributed by atoms with Crippen LogP contribution >= 0.6 is 0 Å². The van der Waals surface area contributed by atoms with E-state index in [4.69, 9.17) is 16.2 Å². The van der Waals surface area contributed by atoms with Crippen molar-refractivity contribution in [3.05, 3.63) is 29.8 Å². The van der Waals surface area contributed by atoms with Crippen LogP contribution in [0.4, 0.5) is 0 Å². The Kier molecular flexibility index (Phi) is 3.48. The van der Waals surface area contributed by atoms with Crippen LogP contribution in [0.3, 0.4) is 0 Å². The quantitative estimate of drug-likeness (QED) is 0.719. The van der Waals surface area contributed by atoms with Crippen LogP contribution in [0.25, 0.3) is 0 Å². The highest BCUT2D eigenvalue weighted by Gasteiger charge is 2.15. The van der Waals surface area contributed by atoms with Gasteiger partial charge in [0.1, 0.15) is 5.75 Å². The van der Waals surface area contributed by atoms with Gasteiger partial charge in [0.2, 0.25) is 5.91 Å². The number of nitrogens with two attached hydrogens (primary N) is 2. The average molecular weight is 194 g/mol. The molecule has 0 aliphatic heterocycles. The molecule has 4 heteroatoms. The number of benzene rings is 1. The summed E-state index contributed by atoms with van der Waals surface area (Å²) in [6.07, 6.45) is 0. The third-order valence-electron chi connectivity index (χ3n) is 2.10. The van der Waals surface area contributed by atoms with E-state index in [1.807, 2.05) is 0 Å². The van der Waals surface area contributed by atoms with E-state index in [0.717, 1.165) is 11.3 Å². The van der Waals surface area contributed by atoms with E-state index in [2.05, 4.69) is 0 Å². The lowest BCUT2D eigenvalue weighted by molar-refractivity contribution is -0.119. The summed E-state index contributed by atoms with van der Waals surface area (Å²) in [7, 11) is 1.59. The molecule has 1 amide bonds. The lowest BCUT2D eigenvalue weighted by atomic mass is 9.99. The average Bonchev–Trinajstić information content (AvgIpc) is 2.19. The molecule has 1 aromatic carbocycles. The number of primary amides is 1. The van der Waals surface area contributed by atoms with Crippen molar-refractivity contribution >= 4 is 5.91 Å². The van der Waals surface area contributed by atoms with Gasteiger partial charge in [-0.25, -0.2) is 0 Å². The van der Waals surface area contributed by atoms with Crippen molar-refractivity contribution in [1.82, 2.24) is 0 Å². The van der Waals surface area contributed by atoms with Gasteiger partial charge in [0.25, 0.3) is 0 Å². The van der Waals surface area contributed by atoms with Crippen molar-refractivity contribution in [3.63, 3.8) is 0 Å². The zero-order valence-corrected chi connectivity index (χ0v) is 8.07. The molecule has 76 valence electrons. The number of hydrogen-bond acceptors (Lipinski definition) is 3. The maximum atomic E-state index is 11.0. The van der Waals surface area contributed by atoms with Gasteiger partial charge in [-0.3, -0.25) is 4.79 Å². The van der Waals surface area contributed by atoms with Crippen LogP contribution in [0.5, 0.6) is 5.75 Å². The minimum atomic E-state index is -0.416. The maximum Gasteiger partial charge on any atom is 0.226 e. The molecule has 0 unspecified atom stereocenters. The number of amides is 1. The van der Waals surface area contributed by atoms with E-state index in [1.54, 1.807) is 31.4 Å². The Bertz CT molecular complexity index is 308. The Morgan fingerprint density at radius 1 is 1.43 bits per heavy atom. The van der Waals surface area contributed by atoms with Gasteiger partial charge in [-0.05, 0) is 17.7 Å². The van der Waals surface area contributed by atoms with Crippen LogP contribution < -0.4 is 16.2 Å². The molecule has 0 saturated carbocycles. The molecular weight excluding hydrogens is 180 g/mol. The zero-order chi connectivity index (χ0) is 10.6. The summed E-state index contributed by atoms with van der Waals surface area (Å²) in [6.45, 7) is 0.224. The second-order valence-corrected chi connectivity index (χ2v) is 2.96. The van der Waals surface area contributed by atoms with E-state index in [9.17, 15) is 4.79 Å².